The summed E-state index contributed by atoms with van der Waals surface area (Å²) in [6, 6.07) is 0. The van der Waals surface area contributed by atoms with Gasteiger partial charge >= 0.3 is 7.60 Å². The van der Waals surface area contributed by atoms with Gasteiger partial charge in [-0.25, -0.2) is 0 Å². The van der Waals surface area contributed by atoms with Crippen LogP contribution >= 0.6 is 7.60 Å². The molecule has 5 heteroatoms. The van der Waals surface area contributed by atoms with Gasteiger partial charge in [-0.05, 0) is 26.8 Å². The van der Waals surface area contributed by atoms with Crippen molar-refractivity contribution in [3.05, 3.63) is 11.4 Å². The number of carbonyl (C=O) groups is 1. The molecule has 2 unspecified atom stereocenters. The van der Waals surface area contributed by atoms with Crippen molar-refractivity contribution >= 4 is 13.4 Å². The standard InChI is InChI=1S/C8H13O4P/c1-4-11-13(10)8(7(3)9)5-6(2)12-13/h5-6H,4H2,1-3H3. The molecule has 0 bridgehead atoms. The average Bonchev–Trinajstić information content (AvgIpc) is 2.26. The fourth-order valence-corrected chi connectivity index (χ4v) is 3.13. The highest BCUT2D eigenvalue weighted by atomic mass is 31.2. The smallest absolute Gasteiger partial charge is 0.305 e. The highest BCUT2D eigenvalue weighted by molar-refractivity contribution is 7.60. The normalized spacial score (nSPS) is 33.2. The predicted molar refractivity (Wildman–Crippen MR) is 48.5 cm³/mol. The van der Waals surface area contributed by atoms with Gasteiger partial charge in [0.15, 0.2) is 5.78 Å². The van der Waals surface area contributed by atoms with Gasteiger partial charge < -0.3 is 4.52 Å². The van der Waals surface area contributed by atoms with E-state index in [1.165, 1.54) is 6.92 Å². The molecule has 0 aromatic carbocycles. The lowest BCUT2D eigenvalue weighted by molar-refractivity contribution is -0.113. The van der Waals surface area contributed by atoms with Gasteiger partial charge in [0.25, 0.3) is 0 Å². The van der Waals surface area contributed by atoms with E-state index in [1.807, 2.05) is 0 Å². The van der Waals surface area contributed by atoms with Gasteiger partial charge in [-0.15, -0.1) is 0 Å². The topological polar surface area (TPSA) is 52.6 Å². The van der Waals surface area contributed by atoms with Crippen molar-refractivity contribution in [1.29, 1.82) is 0 Å². The molecule has 4 nitrogen and oxygen atoms in total. The monoisotopic (exact) mass is 204 g/mol. The minimum Gasteiger partial charge on any atom is -0.305 e. The Balaban J connectivity index is 2.95. The number of hydrogen-bond donors (Lipinski definition) is 0. The van der Waals surface area contributed by atoms with Crippen LogP contribution in [0.15, 0.2) is 11.4 Å². The summed E-state index contributed by atoms with van der Waals surface area (Å²) < 4.78 is 21.9. The van der Waals surface area contributed by atoms with E-state index in [9.17, 15) is 9.36 Å². The first-order valence-electron chi connectivity index (χ1n) is 4.16. The first-order valence-corrected chi connectivity index (χ1v) is 5.70. The van der Waals surface area contributed by atoms with Crippen molar-refractivity contribution in [3.8, 4) is 0 Å². The van der Waals surface area contributed by atoms with Crippen molar-refractivity contribution in [3.63, 3.8) is 0 Å². The van der Waals surface area contributed by atoms with Crippen LogP contribution in [0.1, 0.15) is 20.8 Å². The maximum Gasteiger partial charge on any atom is 0.365 e. The molecular formula is C8H13O4P. The number of ketones is 1. The second kappa shape index (κ2) is 3.74. The molecule has 0 aromatic rings. The molecule has 2 atom stereocenters. The molecule has 13 heavy (non-hydrogen) atoms. The molecule has 1 aliphatic heterocycles. The number of hydrogen-bond acceptors (Lipinski definition) is 4. The number of carbonyl (C=O) groups excluding carboxylic acids is 1. The third-order valence-electron chi connectivity index (χ3n) is 1.65. The van der Waals surface area contributed by atoms with Crippen LogP contribution in [0.5, 0.6) is 0 Å². The average molecular weight is 204 g/mol. The van der Waals surface area contributed by atoms with Gasteiger partial charge in [0.1, 0.15) is 5.31 Å². The molecule has 0 aromatic heterocycles. The number of rotatable bonds is 3. The largest absolute Gasteiger partial charge is 0.365 e. The molecule has 0 amide bonds. The molecule has 0 radical (unpaired) electrons. The predicted octanol–water partition coefficient (Wildman–Crippen LogP) is 2.11. The van der Waals surface area contributed by atoms with Crippen LogP contribution in [0.4, 0.5) is 0 Å². The van der Waals surface area contributed by atoms with Gasteiger partial charge in [-0.2, -0.15) is 0 Å². The fourth-order valence-electron chi connectivity index (χ4n) is 1.20. The van der Waals surface area contributed by atoms with Crippen molar-refractivity contribution in [2.75, 3.05) is 6.61 Å². The summed E-state index contributed by atoms with van der Waals surface area (Å²) >= 11 is 0. The molecule has 1 heterocycles. The van der Waals surface area contributed by atoms with Gasteiger partial charge in [0.2, 0.25) is 0 Å². The van der Waals surface area contributed by atoms with E-state index in [0.29, 0.717) is 0 Å². The highest BCUT2D eigenvalue weighted by Gasteiger charge is 2.39. The second-order valence-corrected chi connectivity index (χ2v) is 4.78. The number of Topliss-reactive ketones (excluding diaryl/α,β-unsaturated/α-hetero) is 1. The molecule has 1 rings (SSSR count). The van der Waals surface area contributed by atoms with Crippen LogP contribution in [0.25, 0.3) is 0 Å². The van der Waals surface area contributed by atoms with E-state index in [2.05, 4.69) is 0 Å². The van der Waals surface area contributed by atoms with Crippen LogP contribution in [0, 0.1) is 0 Å². The van der Waals surface area contributed by atoms with Crippen molar-refractivity contribution in [2.45, 2.75) is 26.9 Å². The number of allylic oxidation sites excluding steroid dienone is 1. The molecule has 0 aliphatic carbocycles. The molecule has 1 aliphatic rings. The van der Waals surface area contributed by atoms with Crippen LogP contribution in [0.3, 0.4) is 0 Å². The molecule has 0 N–H and O–H groups in total. The highest BCUT2D eigenvalue weighted by Crippen LogP contribution is 2.61. The van der Waals surface area contributed by atoms with E-state index in [1.54, 1.807) is 19.9 Å². The fraction of sp³-hybridized carbons (Fsp3) is 0.625. The zero-order valence-electron chi connectivity index (χ0n) is 7.94. The summed E-state index contributed by atoms with van der Waals surface area (Å²) in [5, 5.41) is 0.182. The Morgan fingerprint density at radius 2 is 2.38 bits per heavy atom. The lowest BCUT2D eigenvalue weighted by Gasteiger charge is -2.13. The Kier molecular flexibility index (Phi) is 3.06. The minimum atomic E-state index is -3.28. The van der Waals surface area contributed by atoms with E-state index in [0.717, 1.165) is 0 Å². The lowest BCUT2D eigenvalue weighted by Crippen LogP contribution is -1.99. The summed E-state index contributed by atoms with van der Waals surface area (Å²) in [5.41, 5.74) is 0. The molecule has 0 spiro atoms. The van der Waals surface area contributed by atoms with Crippen molar-refractivity contribution in [2.24, 2.45) is 0 Å². The Morgan fingerprint density at radius 3 is 2.85 bits per heavy atom. The minimum absolute atomic E-state index is 0.182. The summed E-state index contributed by atoms with van der Waals surface area (Å²) in [5.74, 6) is -0.249. The Hall–Kier alpha value is -0.440. The third kappa shape index (κ3) is 2.08. The Labute approximate surface area is 77.4 Å². The molecule has 0 saturated heterocycles. The van der Waals surface area contributed by atoms with Gasteiger partial charge in [-0.1, -0.05) is 0 Å². The van der Waals surface area contributed by atoms with Crippen molar-refractivity contribution < 1.29 is 18.4 Å². The SMILES string of the molecule is CCOP1(=O)OC(C)C=C1C(C)=O. The molecular weight excluding hydrogens is 191 g/mol. The Bertz CT molecular complexity index is 295. The quantitative estimate of drug-likeness (QED) is 0.660. The second-order valence-electron chi connectivity index (χ2n) is 2.83. The van der Waals surface area contributed by atoms with Gasteiger partial charge in [0.05, 0.1) is 12.7 Å². The molecule has 0 saturated carbocycles. The molecule has 74 valence electrons. The van der Waals surface area contributed by atoms with Crippen LogP contribution in [-0.2, 0) is 18.4 Å². The first-order chi connectivity index (χ1) is 5.99. The summed E-state index contributed by atoms with van der Waals surface area (Å²) in [4.78, 5) is 11.1. The Morgan fingerprint density at radius 1 is 1.77 bits per heavy atom. The molecule has 0 fully saturated rings. The summed E-state index contributed by atoms with van der Waals surface area (Å²) in [6.07, 6.45) is 1.25. The third-order valence-corrected chi connectivity index (χ3v) is 3.91. The first kappa shape index (κ1) is 10.6. The van der Waals surface area contributed by atoms with Crippen LogP contribution in [-0.4, -0.2) is 18.5 Å². The summed E-state index contributed by atoms with van der Waals surface area (Å²) in [6.45, 7) is 5.07. The van der Waals surface area contributed by atoms with E-state index in [-0.39, 0.29) is 23.8 Å². The maximum absolute atomic E-state index is 11.9. The zero-order chi connectivity index (χ0) is 10.1. The van der Waals surface area contributed by atoms with E-state index in [4.69, 9.17) is 9.05 Å². The van der Waals surface area contributed by atoms with Gasteiger partial charge in [-0.3, -0.25) is 13.9 Å². The van der Waals surface area contributed by atoms with E-state index < -0.39 is 7.60 Å². The van der Waals surface area contributed by atoms with Crippen LogP contribution in [0.2, 0.25) is 0 Å². The van der Waals surface area contributed by atoms with Crippen LogP contribution < -0.4 is 0 Å². The zero-order valence-corrected chi connectivity index (χ0v) is 8.84. The lowest BCUT2D eigenvalue weighted by atomic mass is 10.3. The van der Waals surface area contributed by atoms with Gasteiger partial charge in [0, 0.05) is 0 Å². The van der Waals surface area contributed by atoms with Crippen molar-refractivity contribution in [1.82, 2.24) is 0 Å². The van der Waals surface area contributed by atoms with E-state index >= 15 is 0 Å². The summed E-state index contributed by atoms with van der Waals surface area (Å²) in [7, 11) is -3.28. The maximum atomic E-state index is 11.9.